The Bertz CT molecular complexity index is 499. The highest BCUT2D eigenvalue weighted by molar-refractivity contribution is 7.89. The zero-order valence-corrected chi connectivity index (χ0v) is 11.1. The van der Waals surface area contributed by atoms with E-state index in [0.29, 0.717) is 18.7 Å². The molecule has 1 atom stereocenters. The molecule has 0 radical (unpaired) electrons. The van der Waals surface area contributed by atoms with Crippen molar-refractivity contribution in [3.05, 3.63) is 11.8 Å². The summed E-state index contributed by atoms with van der Waals surface area (Å²) in [5.74, 6) is 0. The molecule has 7 nitrogen and oxygen atoms in total. The fourth-order valence-corrected chi connectivity index (χ4v) is 3.74. The SMILES string of the molecule is COC1CCCN(S(=O)(=O)c2[nH]ncc2CN)C1. The fourth-order valence-electron chi connectivity index (χ4n) is 2.11. The van der Waals surface area contributed by atoms with Gasteiger partial charge in [0.15, 0.2) is 5.03 Å². The lowest BCUT2D eigenvalue weighted by Crippen LogP contribution is -2.43. The van der Waals surface area contributed by atoms with E-state index in [1.807, 2.05) is 0 Å². The van der Waals surface area contributed by atoms with E-state index in [1.165, 1.54) is 10.5 Å². The molecule has 0 amide bonds. The Morgan fingerprint density at radius 2 is 2.44 bits per heavy atom. The molecule has 0 spiro atoms. The summed E-state index contributed by atoms with van der Waals surface area (Å²) in [5.41, 5.74) is 6.02. The lowest BCUT2D eigenvalue weighted by atomic mass is 10.1. The van der Waals surface area contributed by atoms with Crippen LogP contribution >= 0.6 is 0 Å². The van der Waals surface area contributed by atoms with E-state index >= 15 is 0 Å². The lowest BCUT2D eigenvalue weighted by Gasteiger charge is -2.30. The number of hydrogen-bond donors (Lipinski definition) is 2. The van der Waals surface area contributed by atoms with Gasteiger partial charge in [0.05, 0.1) is 12.3 Å². The van der Waals surface area contributed by atoms with Gasteiger partial charge in [-0.05, 0) is 12.8 Å². The summed E-state index contributed by atoms with van der Waals surface area (Å²) in [5, 5.41) is 6.38. The minimum Gasteiger partial charge on any atom is -0.380 e. The molecule has 1 aliphatic heterocycles. The van der Waals surface area contributed by atoms with Gasteiger partial charge in [-0.1, -0.05) is 0 Å². The number of H-pyrrole nitrogens is 1. The molecular formula is C10H18N4O3S. The summed E-state index contributed by atoms with van der Waals surface area (Å²) < 4.78 is 31.5. The van der Waals surface area contributed by atoms with E-state index in [4.69, 9.17) is 10.5 Å². The van der Waals surface area contributed by atoms with Crippen LogP contribution in [-0.2, 0) is 21.3 Å². The van der Waals surface area contributed by atoms with Crippen molar-refractivity contribution in [3.8, 4) is 0 Å². The number of nitrogens with two attached hydrogens (primary N) is 1. The molecule has 2 rings (SSSR count). The van der Waals surface area contributed by atoms with E-state index in [0.717, 1.165) is 12.8 Å². The van der Waals surface area contributed by atoms with Crippen LogP contribution in [0.3, 0.4) is 0 Å². The molecule has 1 saturated heterocycles. The summed E-state index contributed by atoms with van der Waals surface area (Å²) in [6.07, 6.45) is 3.08. The van der Waals surface area contributed by atoms with E-state index in [-0.39, 0.29) is 17.7 Å². The molecule has 3 N–H and O–H groups in total. The van der Waals surface area contributed by atoms with Gasteiger partial charge in [-0.3, -0.25) is 5.10 Å². The molecule has 1 aliphatic rings. The standard InChI is InChI=1S/C10H18N4O3S/c1-17-9-3-2-4-14(7-9)18(15,16)10-8(5-11)6-12-13-10/h6,9H,2-5,7,11H2,1H3,(H,12,13). The molecule has 0 aromatic carbocycles. The van der Waals surface area contributed by atoms with Crippen molar-refractivity contribution >= 4 is 10.0 Å². The van der Waals surface area contributed by atoms with Crippen LogP contribution in [-0.4, -0.2) is 49.2 Å². The third-order valence-electron chi connectivity index (χ3n) is 3.17. The van der Waals surface area contributed by atoms with Gasteiger partial charge in [0, 0.05) is 32.3 Å². The molecule has 1 unspecified atom stereocenters. The Balaban J connectivity index is 2.25. The number of nitrogens with one attached hydrogen (secondary N) is 1. The normalized spacial score (nSPS) is 22.2. The summed E-state index contributed by atoms with van der Waals surface area (Å²) in [4.78, 5) is 0. The number of ether oxygens (including phenoxy) is 1. The van der Waals surface area contributed by atoms with Gasteiger partial charge >= 0.3 is 0 Å². The van der Waals surface area contributed by atoms with Crippen molar-refractivity contribution in [2.75, 3.05) is 20.2 Å². The number of piperidine rings is 1. The molecule has 0 saturated carbocycles. The first-order valence-corrected chi connectivity index (χ1v) is 7.29. The number of aromatic amines is 1. The van der Waals surface area contributed by atoms with Crippen molar-refractivity contribution in [1.29, 1.82) is 0 Å². The fraction of sp³-hybridized carbons (Fsp3) is 0.700. The number of sulfonamides is 1. The van der Waals surface area contributed by atoms with E-state index in [9.17, 15) is 8.42 Å². The third kappa shape index (κ3) is 2.41. The second-order valence-electron chi connectivity index (χ2n) is 4.29. The average molecular weight is 274 g/mol. The number of rotatable bonds is 4. The zero-order chi connectivity index (χ0) is 13.2. The molecule has 0 bridgehead atoms. The van der Waals surface area contributed by atoms with Crippen LogP contribution in [0.4, 0.5) is 0 Å². The number of hydrogen-bond acceptors (Lipinski definition) is 5. The lowest BCUT2D eigenvalue weighted by molar-refractivity contribution is 0.0571. The molecular weight excluding hydrogens is 256 g/mol. The quantitative estimate of drug-likeness (QED) is 0.782. The highest BCUT2D eigenvalue weighted by Gasteiger charge is 2.32. The van der Waals surface area contributed by atoms with E-state index in [1.54, 1.807) is 7.11 Å². The van der Waals surface area contributed by atoms with Gasteiger partial charge in [-0.25, -0.2) is 8.42 Å². The maximum absolute atomic E-state index is 12.4. The first kappa shape index (κ1) is 13.5. The largest absolute Gasteiger partial charge is 0.380 e. The first-order chi connectivity index (χ1) is 8.59. The smallest absolute Gasteiger partial charge is 0.260 e. The second kappa shape index (κ2) is 5.35. The summed E-state index contributed by atoms with van der Waals surface area (Å²) >= 11 is 0. The van der Waals surface area contributed by atoms with Crippen LogP contribution in [0.15, 0.2) is 11.2 Å². The third-order valence-corrected chi connectivity index (χ3v) is 5.05. The van der Waals surface area contributed by atoms with Gasteiger partial charge in [-0.15, -0.1) is 0 Å². The van der Waals surface area contributed by atoms with Crippen LogP contribution < -0.4 is 5.73 Å². The van der Waals surface area contributed by atoms with Crippen molar-refractivity contribution < 1.29 is 13.2 Å². The van der Waals surface area contributed by atoms with Gasteiger partial charge in [0.25, 0.3) is 10.0 Å². The second-order valence-corrected chi connectivity index (χ2v) is 6.17. The molecule has 1 aromatic rings. The monoisotopic (exact) mass is 274 g/mol. The molecule has 2 heterocycles. The van der Waals surface area contributed by atoms with Crippen molar-refractivity contribution in [1.82, 2.24) is 14.5 Å². The van der Waals surface area contributed by atoms with Crippen LogP contribution in [0.5, 0.6) is 0 Å². The van der Waals surface area contributed by atoms with Crippen molar-refractivity contribution in [2.45, 2.75) is 30.5 Å². The molecule has 1 fully saturated rings. The van der Waals surface area contributed by atoms with Gasteiger partial charge < -0.3 is 10.5 Å². The maximum Gasteiger partial charge on any atom is 0.260 e. The summed E-state index contributed by atoms with van der Waals surface area (Å²) in [6, 6.07) is 0. The molecule has 8 heteroatoms. The van der Waals surface area contributed by atoms with Crippen LogP contribution in [0, 0.1) is 0 Å². The Labute approximate surface area is 106 Å². The Morgan fingerprint density at radius 1 is 1.67 bits per heavy atom. The van der Waals surface area contributed by atoms with Crippen LogP contribution in [0.1, 0.15) is 18.4 Å². The van der Waals surface area contributed by atoms with E-state index < -0.39 is 10.0 Å². The van der Waals surface area contributed by atoms with Gasteiger partial charge in [-0.2, -0.15) is 9.40 Å². The first-order valence-electron chi connectivity index (χ1n) is 5.85. The predicted octanol–water partition coefficient (Wildman–Crippen LogP) is -0.332. The average Bonchev–Trinajstić information content (AvgIpc) is 2.88. The van der Waals surface area contributed by atoms with Gasteiger partial charge in [0.2, 0.25) is 0 Å². The summed E-state index contributed by atoms with van der Waals surface area (Å²) in [6.45, 7) is 1.03. The van der Waals surface area contributed by atoms with Crippen molar-refractivity contribution in [3.63, 3.8) is 0 Å². The minimum absolute atomic E-state index is 0.0437. The minimum atomic E-state index is -3.55. The highest BCUT2D eigenvalue weighted by Crippen LogP contribution is 2.22. The van der Waals surface area contributed by atoms with Gasteiger partial charge in [0.1, 0.15) is 0 Å². The molecule has 0 aliphatic carbocycles. The zero-order valence-electron chi connectivity index (χ0n) is 10.3. The number of aromatic nitrogens is 2. The van der Waals surface area contributed by atoms with E-state index in [2.05, 4.69) is 10.2 Å². The Morgan fingerprint density at radius 3 is 3.11 bits per heavy atom. The Kier molecular flexibility index (Phi) is 4.00. The topological polar surface area (TPSA) is 101 Å². The van der Waals surface area contributed by atoms with Crippen molar-refractivity contribution in [2.24, 2.45) is 5.73 Å². The number of nitrogens with zero attached hydrogens (tertiary/aromatic N) is 2. The maximum atomic E-state index is 12.4. The summed E-state index contributed by atoms with van der Waals surface area (Å²) in [7, 11) is -1.95. The van der Waals surface area contributed by atoms with Crippen LogP contribution in [0.2, 0.25) is 0 Å². The number of methoxy groups -OCH3 is 1. The molecule has 102 valence electrons. The molecule has 18 heavy (non-hydrogen) atoms. The highest BCUT2D eigenvalue weighted by atomic mass is 32.2. The Hall–Kier alpha value is -0.960. The predicted molar refractivity (Wildman–Crippen MR) is 65.3 cm³/mol. The molecule has 1 aromatic heterocycles. The van der Waals surface area contributed by atoms with Crippen LogP contribution in [0.25, 0.3) is 0 Å².